The van der Waals surface area contributed by atoms with Crippen LogP contribution in [-0.2, 0) is 26.2 Å². The third kappa shape index (κ3) is 7.24. The third-order valence-corrected chi connectivity index (χ3v) is 9.18. The van der Waals surface area contributed by atoms with E-state index >= 15 is 0 Å². The summed E-state index contributed by atoms with van der Waals surface area (Å²) in [5, 5.41) is 3.04. The van der Waals surface area contributed by atoms with E-state index in [4.69, 9.17) is 0 Å². The molecule has 206 valence electrons. The highest BCUT2D eigenvalue weighted by atomic mass is 79.9. The van der Waals surface area contributed by atoms with Crippen LogP contribution in [0.5, 0.6) is 0 Å². The van der Waals surface area contributed by atoms with Crippen LogP contribution in [0, 0.1) is 5.82 Å². The Hall–Kier alpha value is -3.24. The molecule has 0 spiro atoms. The molecule has 39 heavy (non-hydrogen) atoms. The van der Waals surface area contributed by atoms with Crippen molar-refractivity contribution >= 4 is 43.5 Å². The number of rotatable bonds is 10. The van der Waals surface area contributed by atoms with Gasteiger partial charge in [-0.25, -0.2) is 12.8 Å². The predicted molar refractivity (Wildman–Crippen MR) is 152 cm³/mol. The zero-order valence-electron chi connectivity index (χ0n) is 21.6. The summed E-state index contributed by atoms with van der Waals surface area (Å²) in [5.74, 6) is -1.38. The van der Waals surface area contributed by atoms with Crippen LogP contribution in [0.3, 0.4) is 0 Å². The first kappa shape index (κ1) is 28.8. The molecule has 3 aromatic rings. The molecule has 1 unspecified atom stereocenters. The van der Waals surface area contributed by atoms with Gasteiger partial charge in [-0.1, -0.05) is 59.1 Å². The molecule has 0 bridgehead atoms. The first-order chi connectivity index (χ1) is 18.6. The van der Waals surface area contributed by atoms with E-state index in [2.05, 4.69) is 21.2 Å². The molecule has 10 heteroatoms. The number of amides is 2. The highest BCUT2D eigenvalue weighted by Crippen LogP contribution is 2.25. The van der Waals surface area contributed by atoms with Crippen molar-refractivity contribution in [1.29, 1.82) is 0 Å². The van der Waals surface area contributed by atoms with Gasteiger partial charge in [0.2, 0.25) is 11.8 Å². The number of benzene rings is 3. The Bertz CT molecular complexity index is 1380. The molecule has 0 heterocycles. The molecule has 1 N–H and O–H groups in total. The van der Waals surface area contributed by atoms with Gasteiger partial charge in [0.15, 0.2) is 0 Å². The van der Waals surface area contributed by atoms with Crippen molar-refractivity contribution in [3.8, 4) is 0 Å². The van der Waals surface area contributed by atoms with E-state index < -0.39 is 34.3 Å². The van der Waals surface area contributed by atoms with E-state index in [0.29, 0.717) is 0 Å². The highest BCUT2D eigenvalue weighted by Gasteiger charge is 2.33. The Kier molecular flexibility index (Phi) is 9.40. The van der Waals surface area contributed by atoms with Gasteiger partial charge in [-0.15, -0.1) is 0 Å². The highest BCUT2D eigenvalue weighted by molar-refractivity contribution is 9.10. The fourth-order valence-electron chi connectivity index (χ4n) is 4.62. The van der Waals surface area contributed by atoms with E-state index in [0.717, 1.165) is 52.2 Å². The molecule has 1 fully saturated rings. The van der Waals surface area contributed by atoms with Crippen molar-refractivity contribution in [2.75, 3.05) is 10.8 Å². The summed E-state index contributed by atoms with van der Waals surface area (Å²) in [4.78, 5) is 28.5. The lowest BCUT2D eigenvalue weighted by molar-refractivity contribution is -0.139. The van der Waals surface area contributed by atoms with Gasteiger partial charge >= 0.3 is 0 Å². The lowest BCUT2D eigenvalue weighted by Crippen LogP contribution is -2.52. The summed E-state index contributed by atoms with van der Waals surface area (Å²) >= 11 is 3.40. The quantitative estimate of drug-likeness (QED) is 0.337. The van der Waals surface area contributed by atoms with Crippen LogP contribution in [0.4, 0.5) is 10.1 Å². The maximum Gasteiger partial charge on any atom is 0.264 e. The SMILES string of the molecule is CC(C(=O)NC1CCCC1)N(Cc1ccc(Br)cc1)C(=O)CN(c1ccc(F)cc1)S(=O)(=O)c1ccccc1. The molecule has 0 aromatic heterocycles. The fraction of sp³-hybridized carbons (Fsp3) is 0.310. The maximum absolute atomic E-state index is 13.9. The van der Waals surface area contributed by atoms with Crippen LogP contribution in [0.15, 0.2) is 88.2 Å². The van der Waals surface area contributed by atoms with Gasteiger partial charge in [0.25, 0.3) is 10.0 Å². The fourth-order valence-corrected chi connectivity index (χ4v) is 6.32. The number of hydrogen-bond acceptors (Lipinski definition) is 4. The number of anilines is 1. The number of nitrogens with one attached hydrogen (secondary N) is 1. The topological polar surface area (TPSA) is 86.8 Å². The van der Waals surface area contributed by atoms with Crippen LogP contribution in [0.25, 0.3) is 0 Å². The molecule has 0 radical (unpaired) electrons. The van der Waals surface area contributed by atoms with Crippen molar-refractivity contribution < 1.29 is 22.4 Å². The number of sulfonamides is 1. The molecule has 3 aromatic carbocycles. The number of halogens is 2. The molecule has 0 aliphatic heterocycles. The van der Waals surface area contributed by atoms with Crippen molar-refractivity contribution in [1.82, 2.24) is 10.2 Å². The minimum absolute atomic E-state index is 0.00592. The number of carbonyl (C=O) groups excluding carboxylic acids is 2. The Labute approximate surface area is 237 Å². The predicted octanol–water partition coefficient (Wildman–Crippen LogP) is 5.26. The van der Waals surface area contributed by atoms with Crippen molar-refractivity contribution in [2.24, 2.45) is 0 Å². The van der Waals surface area contributed by atoms with Crippen LogP contribution < -0.4 is 9.62 Å². The zero-order valence-corrected chi connectivity index (χ0v) is 24.0. The summed E-state index contributed by atoms with van der Waals surface area (Å²) in [5.41, 5.74) is 0.923. The molecule has 0 saturated heterocycles. The lowest BCUT2D eigenvalue weighted by atomic mass is 10.1. The Morgan fingerprint density at radius 1 is 0.974 bits per heavy atom. The van der Waals surface area contributed by atoms with Gasteiger partial charge in [-0.2, -0.15) is 0 Å². The number of carbonyl (C=O) groups is 2. The minimum atomic E-state index is -4.18. The Morgan fingerprint density at radius 3 is 2.21 bits per heavy atom. The molecule has 4 rings (SSSR count). The molecular formula is C29H31BrFN3O4S. The summed E-state index contributed by atoms with van der Waals surface area (Å²) in [7, 11) is -4.18. The smallest absolute Gasteiger partial charge is 0.264 e. The largest absolute Gasteiger partial charge is 0.352 e. The van der Waals surface area contributed by atoms with Crippen LogP contribution >= 0.6 is 15.9 Å². The second-order valence-corrected chi connectivity index (χ2v) is 12.4. The van der Waals surface area contributed by atoms with Crippen LogP contribution in [0.1, 0.15) is 38.2 Å². The van der Waals surface area contributed by atoms with E-state index in [1.54, 1.807) is 25.1 Å². The van der Waals surface area contributed by atoms with E-state index in [1.807, 2.05) is 24.3 Å². The van der Waals surface area contributed by atoms with Crippen molar-refractivity contribution in [3.05, 3.63) is 94.7 Å². The first-order valence-electron chi connectivity index (χ1n) is 12.8. The van der Waals surface area contributed by atoms with E-state index in [1.165, 1.54) is 29.2 Å². The van der Waals surface area contributed by atoms with Crippen molar-refractivity contribution in [2.45, 2.75) is 56.1 Å². The molecule has 1 aliphatic rings. The maximum atomic E-state index is 13.9. The van der Waals surface area contributed by atoms with Crippen molar-refractivity contribution in [3.63, 3.8) is 0 Å². The third-order valence-electron chi connectivity index (χ3n) is 6.86. The monoisotopic (exact) mass is 615 g/mol. The molecule has 7 nitrogen and oxygen atoms in total. The zero-order chi connectivity index (χ0) is 28.0. The Morgan fingerprint density at radius 2 is 1.59 bits per heavy atom. The second-order valence-electron chi connectivity index (χ2n) is 9.62. The number of hydrogen-bond donors (Lipinski definition) is 1. The summed E-state index contributed by atoms with van der Waals surface area (Å²) < 4.78 is 42.9. The van der Waals surface area contributed by atoms with Crippen LogP contribution in [-0.4, -0.2) is 43.8 Å². The standard InChI is InChI=1S/C29H31BrFN3O4S/c1-21(29(36)32-25-7-5-6-8-25)33(19-22-11-13-23(30)14-12-22)28(35)20-34(26-17-15-24(31)16-18-26)39(37,38)27-9-3-2-4-10-27/h2-4,9-18,21,25H,5-8,19-20H2,1H3,(H,32,36). The van der Waals surface area contributed by atoms with Gasteiger partial charge in [0.1, 0.15) is 18.4 Å². The summed E-state index contributed by atoms with van der Waals surface area (Å²) in [6, 6.07) is 19.2. The van der Waals surface area contributed by atoms with Gasteiger partial charge < -0.3 is 10.2 Å². The molecule has 1 aliphatic carbocycles. The van der Waals surface area contributed by atoms with Gasteiger partial charge in [0.05, 0.1) is 10.6 Å². The first-order valence-corrected chi connectivity index (χ1v) is 15.1. The molecular weight excluding hydrogens is 585 g/mol. The summed E-state index contributed by atoms with van der Waals surface area (Å²) in [6.07, 6.45) is 3.88. The molecule has 2 amide bonds. The van der Waals surface area contributed by atoms with E-state index in [9.17, 15) is 22.4 Å². The average Bonchev–Trinajstić information content (AvgIpc) is 3.45. The Balaban J connectivity index is 1.66. The van der Waals surface area contributed by atoms with Gasteiger partial charge in [0, 0.05) is 17.1 Å². The second kappa shape index (κ2) is 12.7. The summed E-state index contributed by atoms with van der Waals surface area (Å²) in [6.45, 7) is 1.18. The number of nitrogens with zero attached hydrogens (tertiary/aromatic N) is 2. The van der Waals surface area contributed by atoms with Crippen LogP contribution in [0.2, 0.25) is 0 Å². The molecule has 1 saturated carbocycles. The lowest BCUT2D eigenvalue weighted by Gasteiger charge is -2.32. The van der Waals surface area contributed by atoms with E-state index in [-0.39, 0.29) is 29.1 Å². The molecule has 1 atom stereocenters. The van der Waals surface area contributed by atoms with Gasteiger partial charge in [-0.3, -0.25) is 13.9 Å². The average molecular weight is 617 g/mol. The van der Waals surface area contributed by atoms with Gasteiger partial charge in [-0.05, 0) is 73.9 Å². The normalized spacial score (nSPS) is 14.5. The minimum Gasteiger partial charge on any atom is -0.352 e.